The number of H-pyrrole nitrogens is 1. The third-order valence-electron chi connectivity index (χ3n) is 5.71. The molecule has 2 fully saturated rings. The molecule has 0 bridgehead atoms. The van der Waals surface area contributed by atoms with E-state index in [-0.39, 0.29) is 17.9 Å². The fraction of sp³-hybridized carbons (Fsp3) is 0.450. The van der Waals surface area contributed by atoms with Gasteiger partial charge in [-0.3, -0.25) is 19.6 Å². The summed E-state index contributed by atoms with van der Waals surface area (Å²) >= 11 is 0. The Kier molecular flexibility index (Phi) is 4.94. The lowest BCUT2D eigenvalue weighted by atomic mass is 9.84. The molecule has 0 saturated carbocycles. The molecule has 0 radical (unpaired) electrons. The number of piperidine rings is 1. The van der Waals surface area contributed by atoms with Crippen LogP contribution in [0.25, 0.3) is 0 Å². The van der Waals surface area contributed by atoms with Crippen molar-refractivity contribution in [3.8, 4) is 0 Å². The summed E-state index contributed by atoms with van der Waals surface area (Å²) < 4.78 is 0. The van der Waals surface area contributed by atoms with Gasteiger partial charge in [-0.1, -0.05) is 30.3 Å². The molecule has 2 atom stereocenters. The average molecular weight is 367 g/mol. The predicted molar refractivity (Wildman–Crippen MR) is 101 cm³/mol. The lowest BCUT2D eigenvalue weighted by molar-refractivity contribution is -0.134. The summed E-state index contributed by atoms with van der Waals surface area (Å²) in [4.78, 5) is 27.8. The van der Waals surface area contributed by atoms with Gasteiger partial charge in [0.1, 0.15) is 5.54 Å². The monoisotopic (exact) mass is 367 g/mol. The molecule has 0 aliphatic carbocycles. The molecule has 2 aromatic rings. The number of aromatic amines is 1. The van der Waals surface area contributed by atoms with Gasteiger partial charge in [0.05, 0.1) is 11.8 Å². The van der Waals surface area contributed by atoms with Crippen LogP contribution in [0.1, 0.15) is 41.6 Å². The molecule has 1 aromatic carbocycles. The van der Waals surface area contributed by atoms with Crippen LogP contribution in [0.4, 0.5) is 0 Å². The Morgan fingerprint density at radius 3 is 2.89 bits per heavy atom. The maximum Gasteiger partial charge on any atom is 0.254 e. The summed E-state index contributed by atoms with van der Waals surface area (Å²) in [5, 5.41) is 12.7. The molecule has 1 unspecified atom stereocenters. The highest BCUT2D eigenvalue weighted by atomic mass is 16.2. The number of benzene rings is 1. The zero-order valence-electron chi connectivity index (χ0n) is 15.3. The maximum absolute atomic E-state index is 13.2. The van der Waals surface area contributed by atoms with Crippen LogP contribution < -0.4 is 10.6 Å². The molecule has 0 spiro atoms. The number of hydrogen-bond donors (Lipinski definition) is 3. The highest BCUT2D eigenvalue weighted by Gasteiger charge is 2.52. The third kappa shape index (κ3) is 3.60. The number of rotatable bonds is 5. The molecule has 142 valence electrons. The summed E-state index contributed by atoms with van der Waals surface area (Å²) in [7, 11) is 0. The van der Waals surface area contributed by atoms with Crippen LogP contribution in [0, 0.1) is 0 Å². The Hall–Kier alpha value is -2.67. The fourth-order valence-corrected chi connectivity index (χ4v) is 4.36. The molecule has 2 aliphatic rings. The molecule has 2 aliphatic heterocycles. The fourth-order valence-electron chi connectivity index (χ4n) is 4.36. The van der Waals surface area contributed by atoms with Crippen LogP contribution in [0.15, 0.2) is 42.7 Å². The second-order valence-corrected chi connectivity index (χ2v) is 7.46. The highest BCUT2D eigenvalue weighted by Crippen LogP contribution is 2.38. The van der Waals surface area contributed by atoms with Gasteiger partial charge in [-0.15, -0.1) is 0 Å². The van der Waals surface area contributed by atoms with Gasteiger partial charge in [0, 0.05) is 25.3 Å². The Labute approximate surface area is 158 Å². The molecule has 4 rings (SSSR count). The van der Waals surface area contributed by atoms with Crippen molar-refractivity contribution in [2.45, 2.75) is 43.8 Å². The van der Waals surface area contributed by atoms with Crippen LogP contribution >= 0.6 is 0 Å². The zero-order valence-corrected chi connectivity index (χ0v) is 15.3. The van der Waals surface area contributed by atoms with E-state index < -0.39 is 5.54 Å². The average Bonchev–Trinajstić information content (AvgIpc) is 3.35. The number of carbonyl (C=O) groups is 2. The van der Waals surface area contributed by atoms with Crippen LogP contribution in [0.3, 0.4) is 0 Å². The molecular weight excluding hydrogens is 342 g/mol. The Bertz CT molecular complexity index is 792. The zero-order chi connectivity index (χ0) is 18.7. The molecule has 3 heterocycles. The van der Waals surface area contributed by atoms with Crippen LogP contribution in [0.2, 0.25) is 0 Å². The van der Waals surface area contributed by atoms with Crippen molar-refractivity contribution >= 4 is 11.8 Å². The van der Waals surface area contributed by atoms with Gasteiger partial charge in [0.25, 0.3) is 5.91 Å². The second-order valence-electron chi connectivity index (χ2n) is 7.46. The molecule has 2 saturated heterocycles. The van der Waals surface area contributed by atoms with E-state index in [1.807, 2.05) is 30.3 Å². The largest absolute Gasteiger partial charge is 0.350 e. The summed E-state index contributed by atoms with van der Waals surface area (Å²) in [6.07, 6.45) is 6.72. The number of carbonyl (C=O) groups excluding carboxylic acids is 2. The van der Waals surface area contributed by atoms with Gasteiger partial charge in [-0.05, 0) is 37.8 Å². The minimum atomic E-state index is -0.513. The van der Waals surface area contributed by atoms with E-state index in [1.54, 1.807) is 6.20 Å². The molecule has 3 N–H and O–H groups in total. The van der Waals surface area contributed by atoms with E-state index in [0.717, 1.165) is 31.4 Å². The first-order valence-electron chi connectivity index (χ1n) is 9.54. The van der Waals surface area contributed by atoms with E-state index in [1.165, 1.54) is 6.20 Å². The van der Waals surface area contributed by atoms with E-state index in [0.29, 0.717) is 25.1 Å². The van der Waals surface area contributed by atoms with Crippen molar-refractivity contribution in [1.29, 1.82) is 0 Å². The van der Waals surface area contributed by atoms with Gasteiger partial charge in [0.2, 0.25) is 5.91 Å². The van der Waals surface area contributed by atoms with E-state index in [4.69, 9.17) is 0 Å². The van der Waals surface area contributed by atoms with Gasteiger partial charge < -0.3 is 10.6 Å². The topological polar surface area (TPSA) is 90.1 Å². The first kappa shape index (κ1) is 17.7. The number of fused-ring (bicyclic) bond motifs is 1. The summed E-state index contributed by atoms with van der Waals surface area (Å²) in [5.74, 6) is -0.0699. The van der Waals surface area contributed by atoms with E-state index in [9.17, 15) is 9.59 Å². The Balaban J connectivity index is 1.44. The Morgan fingerprint density at radius 2 is 2.11 bits per heavy atom. The first-order valence-corrected chi connectivity index (χ1v) is 9.54. The summed E-state index contributed by atoms with van der Waals surface area (Å²) in [6.45, 7) is 2.14. The van der Waals surface area contributed by atoms with Crippen molar-refractivity contribution < 1.29 is 9.59 Å². The molecule has 27 heavy (non-hydrogen) atoms. The normalized spacial score (nSPS) is 25.0. The van der Waals surface area contributed by atoms with Gasteiger partial charge in [0.15, 0.2) is 0 Å². The first-order chi connectivity index (χ1) is 13.2. The third-order valence-corrected chi connectivity index (χ3v) is 5.71. The van der Waals surface area contributed by atoms with Crippen LogP contribution in [-0.4, -0.2) is 51.6 Å². The molecular formula is C20H25N5O2. The number of aromatic nitrogens is 2. The number of nitrogens with one attached hydrogen (secondary N) is 3. The van der Waals surface area contributed by atoms with Crippen molar-refractivity contribution in [2.24, 2.45) is 0 Å². The minimum absolute atomic E-state index is 0.0343. The van der Waals surface area contributed by atoms with Crippen LogP contribution in [-0.2, 0) is 11.3 Å². The van der Waals surface area contributed by atoms with Crippen LogP contribution in [0.5, 0.6) is 0 Å². The number of hydrogen-bond acceptors (Lipinski definition) is 4. The van der Waals surface area contributed by atoms with Crippen molar-refractivity contribution in [2.75, 3.05) is 13.1 Å². The minimum Gasteiger partial charge on any atom is -0.350 e. The van der Waals surface area contributed by atoms with E-state index in [2.05, 4.69) is 25.7 Å². The molecule has 1 aromatic heterocycles. The summed E-state index contributed by atoms with van der Waals surface area (Å²) in [5.41, 5.74) is 1.09. The SMILES string of the molecule is O=C(NC1CN2CCCC[C@]2(C(=O)NCc2ccccc2)C1)c1cn[nH]c1. The smallest absolute Gasteiger partial charge is 0.254 e. The molecule has 2 amide bonds. The van der Waals surface area contributed by atoms with Gasteiger partial charge in [-0.25, -0.2) is 0 Å². The molecule has 7 nitrogen and oxygen atoms in total. The standard InChI is InChI=1S/C20H25N5O2/c26-18(16-12-22-23-13-16)24-17-10-20(8-4-5-9-25(20)14-17)19(27)21-11-15-6-2-1-3-7-15/h1-3,6-7,12-13,17H,4-5,8-11,14H2,(H,21,27)(H,22,23)(H,24,26)/t17?,20-/m1/s1. The van der Waals surface area contributed by atoms with E-state index >= 15 is 0 Å². The lowest BCUT2D eigenvalue weighted by Crippen LogP contribution is -2.57. The lowest BCUT2D eigenvalue weighted by Gasteiger charge is -2.40. The van der Waals surface area contributed by atoms with Gasteiger partial charge >= 0.3 is 0 Å². The molecule has 7 heteroatoms. The summed E-state index contributed by atoms with van der Waals surface area (Å²) in [6, 6.07) is 9.91. The van der Waals surface area contributed by atoms with Crippen molar-refractivity contribution in [1.82, 2.24) is 25.7 Å². The maximum atomic E-state index is 13.2. The predicted octanol–water partition coefficient (Wildman–Crippen LogP) is 1.45. The van der Waals surface area contributed by atoms with Crippen molar-refractivity contribution in [3.63, 3.8) is 0 Å². The van der Waals surface area contributed by atoms with Crippen molar-refractivity contribution in [3.05, 3.63) is 53.9 Å². The number of amides is 2. The quantitative estimate of drug-likeness (QED) is 0.746. The number of nitrogens with zero attached hydrogens (tertiary/aromatic N) is 2. The Morgan fingerprint density at radius 1 is 1.26 bits per heavy atom. The highest BCUT2D eigenvalue weighted by molar-refractivity contribution is 5.94. The van der Waals surface area contributed by atoms with Gasteiger partial charge in [-0.2, -0.15) is 5.10 Å². The second kappa shape index (κ2) is 7.52.